The zero-order valence-corrected chi connectivity index (χ0v) is 14.1. The third-order valence-electron chi connectivity index (χ3n) is 2.95. The van der Waals surface area contributed by atoms with E-state index in [1.807, 2.05) is 0 Å². The van der Waals surface area contributed by atoms with Gasteiger partial charge >= 0.3 is 6.61 Å². The number of nitro benzene ring substituents is 1. The fraction of sp³-hybridized carbons (Fsp3) is 0.0625. The van der Waals surface area contributed by atoms with Crippen LogP contribution in [0.4, 0.5) is 20.2 Å². The van der Waals surface area contributed by atoms with Crippen LogP contribution in [-0.4, -0.2) is 17.4 Å². The summed E-state index contributed by atoms with van der Waals surface area (Å²) in [5, 5.41) is 13.4. The second-order valence-electron chi connectivity index (χ2n) is 4.69. The molecule has 0 fully saturated rings. The van der Waals surface area contributed by atoms with Gasteiger partial charge in [-0.15, -0.1) is 0 Å². The average Bonchev–Trinajstić information content (AvgIpc) is 2.55. The largest absolute Gasteiger partial charge is 0.434 e. The van der Waals surface area contributed by atoms with Gasteiger partial charge in [-0.3, -0.25) is 14.9 Å². The lowest BCUT2D eigenvalue weighted by Crippen LogP contribution is -2.08. The van der Waals surface area contributed by atoms with Gasteiger partial charge in [0.15, 0.2) is 0 Å². The second-order valence-corrected chi connectivity index (χ2v) is 5.60. The highest BCUT2D eigenvalue weighted by atomic mass is 79.9. The molecule has 25 heavy (non-hydrogen) atoms. The number of carbonyl (C=O) groups excluding carboxylic acids is 1. The van der Waals surface area contributed by atoms with E-state index in [0.29, 0.717) is 5.69 Å². The molecule has 0 saturated heterocycles. The molecule has 0 atom stereocenters. The van der Waals surface area contributed by atoms with E-state index in [-0.39, 0.29) is 17.0 Å². The number of halogens is 3. The third-order valence-corrected chi connectivity index (χ3v) is 3.47. The van der Waals surface area contributed by atoms with Gasteiger partial charge in [0.05, 0.1) is 4.92 Å². The minimum Gasteiger partial charge on any atom is -0.434 e. The summed E-state index contributed by atoms with van der Waals surface area (Å²) in [4.78, 5) is 22.0. The molecule has 0 aliphatic rings. The van der Waals surface area contributed by atoms with E-state index >= 15 is 0 Å². The lowest BCUT2D eigenvalue weighted by Gasteiger charge is -2.08. The highest BCUT2D eigenvalue weighted by Crippen LogP contribution is 2.27. The van der Waals surface area contributed by atoms with Gasteiger partial charge in [-0.1, -0.05) is 15.9 Å². The first-order valence-electron chi connectivity index (χ1n) is 6.83. The Kier molecular flexibility index (Phi) is 6.18. The number of hydrogen-bond donors (Lipinski definition) is 1. The normalized spacial score (nSPS) is 10.9. The Hall–Kier alpha value is -2.81. The van der Waals surface area contributed by atoms with Crippen LogP contribution in [-0.2, 0) is 4.79 Å². The Morgan fingerprint density at radius 1 is 1.24 bits per heavy atom. The molecule has 0 saturated carbocycles. The van der Waals surface area contributed by atoms with Crippen molar-refractivity contribution in [3.63, 3.8) is 0 Å². The molecule has 0 spiro atoms. The molecule has 9 heteroatoms. The molecular weight excluding hydrogens is 402 g/mol. The van der Waals surface area contributed by atoms with Crippen molar-refractivity contribution in [2.45, 2.75) is 6.61 Å². The predicted molar refractivity (Wildman–Crippen MR) is 91.5 cm³/mol. The van der Waals surface area contributed by atoms with Crippen LogP contribution >= 0.6 is 15.9 Å². The first-order chi connectivity index (χ1) is 11.8. The van der Waals surface area contributed by atoms with Crippen LogP contribution in [0.2, 0.25) is 0 Å². The van der Waals surface area contributed by atoms with Gasteiger partial charge < -0.3 is 10.1 Å². The van der Waals surface area contributed by atoms with Crippen molar-refractivity contribution in [1.82, 2.24) is 0 Å². The monoisotopic (exact) mass is 412 g/mol. The van der Waals surface area contributed by atoms with Gasteiger partial charge in [0.1, 0.15) is 5.75 Å². The summed E-state index contributed by atoms with van der Waals surface area (Å²) < 4.78 is 30.0. The third kappa shape index (κ3) is 5.64. The molecule has 0 bridgehead atoms. The minimum absolute atomic E-state index is 0.0135. The Balaban J connectivity index is 2.19. The molecule has 0 unspecified atom stereocenters. The van der Waals surface area contributed by atoms with Gasteiger partial charge in [0.2, 0.25) is 5.91 Å². The van der Waals surface area contributed by atoms with Crippen LogP contribution in [0.5, 0.6) is 5.75 Å². The number of ether oxygens (including phenoxy) is 1. The highest BCUT2D eigenvalue weighted by Gasteiger charge is 2.13. The van der Waals surface area contributed by atoms with Crippen molar-refractivity contribution < 1.29 is 23.2 Å². The van der Waals surface area contributed by atoms with Gasteiger partial charge in [0, 0.05) is 33.9 Å². The molecule has 0 aromatic heterocycles. The number of rotatable bonds is 6. The van der Waals surface area contributed by atoms with Crippen LogP contribution < -0.4 is 10.1 Å². The lowest BCUT2D eigenvalue weighted by molar-refractivity contribution is -0.384. The molecule has 2 aromatic carbocycles. The van der Waals surface area contributed by atoms with Crippen LogP contribution in [0.25, 0.3) is 6.08 Å². The number of non-ortho nitro benzene ring substituents is 1. The maximum atomic E-state index is 12.4. The molecule has 6 nitrogen and oxygen atoms in total. The van der Waals surface area contributed by atoms with Gasteiger partial charge in [-0.2, -0.15) is 8.78 Å². The number of alkyl halides is 2. The maximum Gasteiger partial charge on any atom is 0.387 e. The van der Waals surface area contributed by atoms with E-state index in [1.54, 1.807) is 24.3 Å². The molecule has 1 N–H and O–H groups in total. The molecule has 0 heterocycles. The Morgan fingerprint density at radius 2 is 1.92 bits per heavy atom. The van der Waals surface area contributed by atoms with E-state index in [9.17, 15) is 23.7 Å². The summed E-state index contributed by atoms with van der Waals surface area (Å²) >= 11 is 3.26. The van der Waals surface area contributed by atoms with Crippen LogP contribution in [0.3, 0.4) is 0 Å². The van der Waals surface area contributed by atoms with E-state index in [0.717, 1.165) is 28.7 Å². The summed E-state index contributed by atoms with van der Waals surface area (Å²) in [6.07, 6.45) is 2.23. The number of hydrogen-bond acceptors (Lipinski definition) is 4. The van der Waals surface area contributed by atoms with Crippen molar-refractivity contribution in [2.75, 3.05) is 5.32 Å². The molecule has 0 aliphatic heterocycles. The zero-order valence-electron chi connectivity index (χ0n) is 12.5. The molecular formula is C16H11BrF2N2O4. The quantitative estimate of drug-likeness (QED) is 0.426. The number of carbonyl (C=O) groups is 1. The zero-order chi connectivity index (χ0) is 18.4. The number of nitro groups is 1. The van der Waals surface area contributed by atoms with Gasteiger partial charge in [-0.05, 0) is 36.4 Å². The Bertz CT molecular complexity index is 810. The highest BCUT2D eigenvalue weighted by molar-refractivity contribution is 9.10. The number of amides is 1. The minimum atomic E-state index is -3.09. The van der Waals surface area contributed by atoms with E-state index in [2.05, 4.69) is 26.0 Å². The Morgan fingerprint density at radius 3 is 2.52 bits per heavy atom. The van der Waals surface area contributed by atoms with Gasteiger partial charge in [0.25, 0.3) is 5.69 Å². The topological polar surface area (TPSA) is 81.5 Å². The second kappa shape index (κ2) is 8.34. The maximum absolute atomic E-state index is 12.4. The van der Waals surface area contributed by atoms with Crippen molar-refractivity contribution >= 4 is 39.3 Å². The summed E-state index contributed by atoms with van der Waals surface area (Å²) in [6, 6.07) is 9.92. The standard InChI is InChI=1S/C16H11BrF2N2O4/c17-11-2-4-12(5-3-11)20-15(22)8-1-10-9-13(21(23)24)6-7-14(10)25-16(18)19/h1-9,16H,(H,20,22). The van der Waals surface area contributed by atoms with Crippen molar-refractivity contribution in [1.29, 1.82) is 0 Å². The van der Waals surface area contributed by atoms with Crippen molar-refractivity contribution in [3.8, 4) is 5.75 Å². The van der Waals surface area contributed by atoms with Gasteiger partial charge in [-0.25, -0.2) is 0 Å². The molecule has 2 rings (SSSR count). The fourth-order valence-electron chi connectivity index (χ4n) is 1.87. The number of nitrogens with zero attached hydrogens (tertiary/aromatic N) is 1. The van der Waals surface area contributed by atoms with Crippen LogP contribution in [0.15, 0.2) is 53.0 Å². The molecule has 0 radical (unpaired) electrons. The smallest absolute Gasteiger partial charge is 0.387 e. The van der Waals surface area contributed by atoms with Crippen molar-refractivity contribution in [3.05, 3.63) is 68.7 Å². The number of benzene rings is 2. The molecule has 2 aromatic rings. The first-order valence-corrected chi connectivity index (χ1v) is 7.62. The first kappa shape index (κ1) is 18.5. The van der Waals surface area contributed by atoms with Crippen molar-refractivity contribution in [2.24, 2.45) is 0 Å². The molecule has 0 aliphatic carbocycles. The summed E-state index contributed by atoms with van der Waals surface area (Å²) in [7, 11) is 0. The lowest BCUT2D eigenvalue weighted by atomic mass is 10.1. The Labute approximate surface area is 149 Å². The number of anilines is 1. The molecule has 130 valence electrons. The summed E-state index contributed by atoms with van der Waals surface area (Å²) in [5.41, 5.74) is 0.205. The number of nitrogens with one attached hydrogen (secondary N) is 1. The van der Waals surface area contributed by atoms with E-state index in [1.165, 1.54) is 6.08 Å². The fourth-order valence-corrected chi connectivity index (χ4v) is 2.13. The predicted octanol–water partition coefficient (Wildman–Crippen LogP) is 4.61. The SMILES string of the molecule is O=C(C=Cc1cc([N+](=O)[O-])ccc1OC(F)F)Nc1ccc(Br)cc1. The van der Waals surface area contributed by atoms with E-state index in [4.69, 9.17) is 0 Å². The van der Waals surface area contributed by atoms with Crippen LogP contribution in [0.1, 0.15) is 5.56 Å². The average molecular weight is 413 g/mol. The summed E-state index contributed by atoms with van der Waals surface area (Å²) in [5.74, 6) is -0.801. The molecule has 1 amide bonds. The summed E-state index contributed by atoms with van der Waals surface area (Å²) in [6.45, 7) is -3.09. The van der Waals surface area contributed by atoms with Crippen LogP contribution in [0, 0.1) is 10.1 Å². The van der Waals surface area contributed by atoms with E-state index < -0.39 is 17.4 Å².